The number of nitrogens with zero attached hydrogens (tertiary/aromatic N) is 4. The average Bonchev–Trinajstić information content (AvgIpc) is 3.34. The molecule has 0 radical (unpaired) electrons. The van der Waals surface area contributed by atoms with E-state index >= 15 is 0 Å². The summed E-state index contributed by atoms with van der Waals surface area (Å²) in [6, 6.07) is 16.8. The molecule has 194 valence electrons. The van der Waals surface area contributed by atoms with Crippen LogP contribution in [0.1, 0.15) is 22.3 Å². The van der Waals surface area contributed by atoms with Crippen molar-refractivity contribution in [2.24, 2.45) is 0 Å². The maximum atomic E-state index is 12.9. The van der Waals surface area contributed by atoms with E-state index in [1.807, 2.05) is 0 Å². The molecule has 0 unspecified atom stereocenters. The number of alkyl halides is 6. The molecule has 5 rings (SSSR count). The molecule has 0 atom stereocenters. The van der Waals surface area contributed by atoms with E-state index in [1.165, 1.54) is 18.2 Å². The second kappa shape index (κ2) is 8.94. The Kier molecular flexibility index (Phi) is 5.79. The van der Waals surface area contributed by atoms with Gasteiger partial charge in [-0.3, -0.25) is 0 Å². The van der Waals surface area contributed by atoms with E-state index < -0.39 is 35.4 Å². The lowest BCUT2D eigenvalue weighted by atomic mass is 9.93. The van der Waals surface area contributed by atoms with Crippen molar-refractivity contribution in [3.8, 4) is 58.0 Å². The summed E-state index contributed by atoms with van der Waals surface area (Å²) in [5.41, 5.74) is 1.38. The second-order valence-electron chi connectivity index (χ2n) is 8.40. The van der Waals surface area contributed by atoms with Crippen molar-refractivity contribution in [1.82, 2.24) is 0 Å². The van der Waals surface area contributed by atoms with Gasteiger partial charge in [-0.25, -0.2) is 0 Å². The normalized spacial score (nSPS) is 12.6. The fourth-order valence-electron chi connectivity index (χ4n) is 4.89. The zero-order chi connectivity index (χ0) is 29.0. The zero-order valence-electron chi connectivity index (χ0n) is 19.5. The minimum atomic E-state index is -5.00. The van der Waals surface area contributed by atoms with Gasteiger partial charge < -0.3 is 9.47 Å². The molecule has 0 saturated heterocycles. The molecular formula is C28H8F6N4O2. The lowest BCUT2D eigenvalue weighted by Crippen LogP contribution is -2.17. The van der Waals surface area contributed by atoms with Crippen LogP contribution in [-0.2, 0) is 0 Å². The lowest BCUT2D eigenvalue weighted by Gasteiger charge is -2.11. The van der Waals surface area contributed by atoms with Gasteiger partial charge in [0.15, 0.2) is 0 Å². The van der Waals surface area contributed by atoms with Gasteiger partial charge in [0.25, 0.3) is 0 Å². The van der Waals surface area contributed by atoms with Gasteiger partial charge in [-0.15, -0.1) is 26.3 Å². The predicted molar refractivity (Wildman–Crippen MR) is 125 cm³/mol. The highest BCUT2D eigenvalue weighted by Crippen LogP contribution is 2.54. The van der Waals surface area contributed by atoms with Gasteiger partial charge in [-0.1, -0.05) is 12.1 Å². The maximum absolute atomic E-state index is 12.9. The van der Waals surface area contributed by atoms with Gasteiger partial charge in [0.1, 0.15) is 46.9 Å². The van der Waals surface area contributed by atoms with Gasteiger partial charge in [0.05, 0.1) is 0 Å². The third-order valence-corrected chi connectivity index (χ3v) is 6.21. The summed E-state index contributed by atoms with van der Waals surface area (Å²) >= 11 is 0. The van der Waals surface area contributed by atoms with Crippen molar-refractivity contribution in [3.63, 3.8) is 0 Å². The van der Waals surface area contributed by atoms with Crippen LogP contribution in [0.3, 0.4) is 0 Å². The van der Waals surface area contributed by atoms with Crippen LogP contribution in [0.5, 0.6) is 11.5 Å². The van der Waals surface area contributed by atoms with Crippen LogP contribution in [0.2, 0.25) is 0 Å². The molecular weight excluding hydrogens is 538 g/mol. The molecule has 2 aliphatic rings. The minimum absolute atomic E-state index is 0.00251. The quantitative estimate of drug-likeness (QED) is 0.172. The number of rotatable bonds is 2. The first kappa shape index (κ1) is 25.9. The SMILES string of the molecule is N#CC(C#N)=C1c2cc(OC(F)(F)F)ccc2-c2cc3c(cc21)C(=C(C#N)C#N)c1cc(OC(F)(F)F)ccc1-3. The number of allylic oxidation sites excluding steroid dienone is 2. The van der Waals surface area contributed by atoms with E-state index in [4.69, 9.17) is 0 Å². The van der Waals surface area contributed by atoms with Crippen molar-refractivity contribution < 1.29 is 35.8 Å². The molecule has 0 fully saturated rings. The van der Waals surface area contributed by atoms with Gasteiger partial charge in [-0.05, 0) is 80.9 Å². The number of nitriles is 4. The van der Waals surface area contributed by atoms with Gasteiger partial charge in [0.2, 0.25) is 0 Å². The van der Waals surface area contributed by atoms with Crippen LogP contribution < -0.4 is 9.47 Å². The van der Waals surface area contributed by atoms with E-state index in [-0.39, 0.29) is 33.4 Å². The fraction of sp³-hybridized carbons (Fsp3) is 0.0714. The first-order chi connectivity index (χ1) is 18.9. The monoisotopic (exact) mass is 546 g/mol. The lowest BCUT2D eigenvalue weighted by molar-refractivity contribution is -0.275. The number of hydrogen-bond donors (Lipinski definition) is 0. The van der Waals surface area contributed by atoms with E-state index in [9.17, 15) is 47.4 Å². The Morgan fingerprint density at radius 3 is 1.12 bits per heavy atom. The highest BCUT2D eigenvalue weighted by molar-refractivity contribution is 6.11. The minimum Gasteiger partial charge on any atom is -0.406 e. The summed E-state index contributed by atoms with van der Waals surface area (Å²) in [4.78, 5) is 0. The van der Waals surface area contributed by atoms with Crippen LogP contribution in [0.15, 0.2) is 59.7 Å². The van der Waals surface area contributed by atoms with Crippen molar-refractivity contribution in [2.75, 3.05) is 0 Å². The van der Waals surface area contributed by atoms with E-state index in [0.717, 1.165) is 24.3 Å². The molecule has 0 spiro atoms. The Labute approximate surface area is 221 Å². The summed E-state index contributed by atoms with van der Waals surface area (Å²) in [5, 5.41) is 38.5. The number of benzene rings is 3. The first-order valence-corrected chi connectivity index (χ1v) is 11.0. The molecule has 3 aromatic rings. The molecule has 0 aromatic heterocycles. The van der Waals surface area contributed by atoms with Crippen molar-refractivity contribution in [1.29, 1.82) is 21.0 Å². The number of hydrogen-bond acceptors (Lipinski definition) is 6. The van der Waals surface area contributed by atoms with E-state index in [1.54, 1.807) is 30.3 Å². The largest absolute Gasteiger partial charge is 0.573 e. The van der Waals surface area contributed by atoms with Gasteiger partial charge >= 0.3 is 12.7 Å². The molecule has 0 N–H and O–H groups in total. The molecule has 2 aliphatic carbocycles. The van der Waals surface area contributed by atoms with E-state index in [0.29, 0.717) is 22.3 Å². The van der Waals surface area contributed by atoms with E-state index in [2.05, 4.69) is 9.47 Å². The molecule has 40 heavy (non-hydrogen) atoms. The highest BCUT2D eigenvalue weighted by atomic mass is 19.4. The Morgan fingerprint density at radius 2 is 0.800 bits per heavy atom. The van der Waals surface area contributed by atoms with Crippen molar-refractivity contribution in [2.45, 2.75) is 12.7 Å². The molecule has 6 nitrogen and oxygen atoms in total. The fourth-order valence-corrected chi connectivity index (χ4v) is 4.89. The summed E-state index contributed by atoms with van der Waals surface area (Å²) in [6.07, 6.45) is -10.00. The smallest absolute Gasteiger partial charge is 0.406 e. The van der Waals surface area contributed by atoms with Crippen LogP contribution in [0.25, 0.3) is 33.4 Å². The summed E-state index contributed by atoms with van der Waals surface area (Å²) in [6.45, 7) is 0. The van der Waals surface area contributed by atoms with Crippen LogP contribution in [0.4, 0.5) is 26.3 Å². The maximum Gasteiger partial charge on any atom is 0.573 e. The predicted octanol–water partition coefficient (Wildman–Crippen LogP) is 7.14. The summed E-state index contributed by atoms with van der Waals surface area (Å²) < 4.78 is 85.3. The first-order valence-electron chi connectivity index (χ1n) is 11.0. The molecule has 0 saturated carbocycles. The summed E-state index contributed by atoms with van der Waals surface area (Å²) in [7, 11) is 0. The molecule has 0 amide bonds. The second-order valence-corrected chi connectivity index (χ2v) is 8.40. The van der Waals surface area contributed by atoms with Gasteiger partial charge in [0, 0.05) is 11.1 Å². The Hall–Kier alpha value is -5.72. The Morgan fingerprint density at radius 1 is 0.475 bits per heavy atom. The third kappa shape index (κ3) is 4.24. The van der Waals surface area contributed by atoms with Crippen LogP contribution >= 0.6 is 0 Å². The van der Waals surface area contributed by atoms with Gasteiger partial charge in [-0.2, -0.15) is 21.0 Å². The topological polar surface area (TPSA) is 114 Å². The standard InChI is InChI=1S/C28H8F6N4O2/c29-27(30,31)39-15-1-3-17-19-7-20-18-4-2-16(40-28(32,33)34)6-22(18)26(14(11-37)12-38)24(20)8-23(19)25(21(17)5-15)13(9-35)10-36/h1-8H. The van der Waals surface area contributed by atoms with Crippen molar-refractivity contribution in [3.05, 3.63) is 81.9 Å². The highest BCUT2D eigenvalue weighted by Gasteiger charge is 2.37. The zero-order valence-corrected chi connectivity index (χ0v) is 19.5. The average molecular weight is 546 g/mol. The molecule has 3 aromatic carbocycles. The molecule has 12 heteroatoms. The third-order valence-electron chi connectivity index (χ3n) is 6.21. The van der Waals surface area contributed by atoms with Crippen LogP contribution in [-0.4, -0.2) is 12.7 Å². The Balaban J connectivity index is 1.81. The molecule has 0 heterocycles. The van der Waals surface area contributed by atoms with Crippen molar-refractivity contribution >= 4 is 11.1 Å². The molecule has 0 aliphatic heterocycles. The number of fused-ring (bicyclic) bond motifs is 6. The molecule has 0 bridgehead atoms. The van der Waals surface area contributed by atoms with Crippen LogP contribution in [0, 0.1) is 45.3 Å². The number of halogens is 6. The summed E-state index contributed by atoms with van der Waals surface area (Å²) in [5.74, 6) is -1.17. The number of ether oxygens (including phenoxy) is 2. The Bertz CT molecular complexity index is 1710.